The number of carboxylic acids is 1. The molecule has 3 fully saturated rings. The minimum Gasteiger partial charge on any atom is -0.481 e. The van der Waals surface area contributed by atoms with Gasteiger partial charge < -0.3 is 5.11 Å². The highest BCUT2D eigenvalue weighted by molar-refractivity contribution is 5.69. The van der Waals surface area contributed by atoms with E-state index in [1.165, 1.54) is 64.2 Å². The third-order valence-electron chi connectivity index (χ3n) is 7.25. The first-order valence-corrected chi connectivity index (χ1v) is 9.90. The van der Waals surface area contributed by atoms with Crippen LogP contribution in [0.3, 0.4) is 0 Å². The van der Waals surface area contributed by atoms with Crippen molar-refractivity contribution < 1.29 is 9.90 Å². The second-order valence-electron chi connectivity index (χ2n) is 8.51. The normalized spacial score (nSPS) is 42.6. The van der Waals surface area contributed by atoms with Gasteiger partial charge in [-0.25, -0.2) is 0 Å². The Morgan fingerprint density at radius 3 is 2.00 bits per heavy atom. The van der Waals surface area contributed by atoms with E-state index < -0.39 is 5.97 Å². The summed E-state index contributed by atoms with van der Waals surface area (Å²) in [6, 6.07) is 0. The smallest absolute Gasteiger partial charge is 0.306 e. The molecule has 4 atom stereocenters. The fraction of sp³-hybridized carbons (Fsp3) is 0.950. The van der Waals surface area contributed by atoms with E-state index in [1.807, 2.05) is 0 Å². The van der Waals surface area contributed by atoms with Crippen LogP contribution in [0.2, 0.25) is 0 Å². The molecule has 2 heteroatoms. The van der Waals surface area contributed by atoms with Gasteiger partial charge in [0.2, 0.25) is 0 Å². The average molecular weight is 306 g/mol. The summed E-state index contributed by atoms with van der Waals surface area (Å²) < 4.78 is 0. The minimum absolute atomic E-state index is 0.0444. The number of rotatable bonds is 4. The van der Waals surface area contributed by atoms with Crippen molar-refractivity contribution in [1.29, 1.82) is 0 Å². The summed E-state index contributed by atoms with van der Waals surface area (Å²) in [5, 5.41) is 9.16. The van der Waals surface area contributed by atoms with Crippen LogP contribution in [0.25, 0.3) is 0 Å². The highest BCUT2D eigenvalue weighted by Crippen LogP contribution is 2.49. The van der Waals surface area contributed by atoms with Crippen LogP contribution in [0.15, 0.2) is 0 Å². The molecule has 3 rings (SSSR count). The molecule has 3 saturated carbocycles. The fourth-order valence-corrected chi connectivity index (χ4v) is 5.96. The van der Waals surface area contributed by atoms with Gasteiger partial charge >= 0.3 is 5.97 Å². The van der Waals surface area contributed by atoms with Gasteiger partial charge in [-0.2, -0.15) is 0 Å². The highest BCUT2D eigenvalue weighted by Gasteiger charge is 2.39. The zero-order valence-corrected chi connectivity index (χ0v) is 14.3. The Kier molecular flexibility index (Phi) is 5.46. The van der Waals surface area contributed by atoms with Crippen molar-refractivity contribution in [3.63, 3.8) is 0 Å². The maximum atomic E-state index is 11.1. The molecular weight excluding hydrogens is 272 g/mol. The number of fused-ring (bicyclic) bond motifs is 1. The SMILES string of the molecule is CCC[C@H]1CC[C@@H]2CC(C3CCC(C(=O)O)CC3)CC[C@H]2C1. The predicted octanol–water partition coefficient (Wildman–Crippen LogP) is 5.51. The molecule has 0 aromatic rings. The fourth-order valence-electron chi connectivity index (χ4n) is 5.96. The van der Waals surface area contributed by atoms with Crippen LogP contribution in [0.4, 0.5) is 0 Å². The van der Waals surface area contributed by atoms with Crippen LogP contribution in [-0.2, 0) is 4.79 Å². The van der Waals surface area contributed by atoms with Gasteiger partial charge in [0, 0.05) is 0 Å². The van der Waals surface area contributed by atoms with E-state index in [0.717, 1.165) is 42.4 Å². The van der Waals surface area contributed by atoms with E-state index in [-0.39, 0.29) is 5.92 Å². The molecule has 0 spiro atoms. The molecule has 0 bridgehead atoms. The van der Waals surface area contributed by atoms with Crippen LogP contribution in [0, 0.1) is 35.5 Å². The average Bonchev–Trinajstić information content (AvgIpc) is 2.55. The van der Waals surface area contributed by atoms with Crippen LogP contribution in [0.5, 0.6) is 0 Å². The maximum absolute atomic E-state index is 11.1. The lowest BCUT2D eigenvalue weighted by Crippen LogP contribution is -2.35. The number of carbonyl (C=O) groups is 1. The maximum Gasteiger partial charge on any atom is 0.306 e. The minimum atomic E-state index is -0.559. The summed E-state index contributed by atoms with van der Waals surface area (Å²) in [7, 11) is 0. The van der Waals surface area contributed by atoms with E-state index in [1.54, 1.807) is 0 Å². The van der Waals surface area contributed by atoms with E-state index in [4.69, 9.17) is 5.11 Å². The second-order valence-corrected chi connectivity index (χ2v) is 8.51. The number of hydrogen-bond donors (Lipinski definition) is 1. The molecule has 0 radical (unpaired) electrons. The Balaban J connectivity index is 1.48. The first-order valence-electron chi connectivity index (χ1n) is 9.90. The Hall–Kier alpha value is -0.530. The zero-order valence-electron chi connectivity index (χ0n) is 14.3. The molecule has 0 aromatic heterocycles. The third-order valence-corrected chi connectivity index (χ3v) is 7.25. The van der Waals surface area contributed by atoms with Crippen LogP contribution < -0.4 is 0 Å². The van der Waals surface area contributed by atoms with Crippen molar-refractivity contribution in [2.75, 3.05) is 0 Å². The van der Waals surface area contributed by atoms with Gasteiger partial charge in [0.25, 0.3) is 0 Å². The molecule has 1 N–H and O–H groups in total. The van der Waals surface area contributed by atoms with Crippen molar-refractivity contribution in [3.8, 4) is 0 Å². The van der Waals surface area contributed by atoms with Crippen LogP contribution >= 0.6 is 0 Å². The second kappa shape index (κ2) is 7.36. The van der Waals surface area contributed by atoms with Crippen LogP contribution in [0.1, 0.15) is 84.0 Å². The summed E-state index contributed by atoms with van der Waals surface area (Å²) in [5.41, 5.74) is 0. The van der Waals surface area contributed by atoms with Crippen molar-refractivity contribution >= 4 is 5.97 Å². The third kappa shape index (κ3) is 3.68. The van der Waals surface area contributed by atoms with Crippen molar-refractivity contribution in [1.82, 2.24) is 0 Å². The zero-order chi connectivity index (χ0) is 15.5. The summed E-state index contributed by atoms with van der Waals surface area (Å²) in [6.07, 6.45) is 15.9. The molecule has 0 aliphatic heterocycles. The molecule has 3 aliphatic carbocycles. The highest BCUT2D eigenvalue weighted by atomic mass is 16.4. The van der Waals surface area contributed by atoms with E-state index >= 15 is 0 Å². The molecule has 126 valence electrons. The summed E-state index contributed by atoms with van der Waals surface area (Å²) >= 11 is 0. The molecule has 22 heavy (non-hydrogen) atoms. The molecule has 0 heterocycles. The van der Waals surface area contributed by atoms with Gasteiger partial charge in [0.15, 0.2) is 0 Å². The Morgan fingerprint density at radius 1 is 0.818 bits per heavy atom. The van der Waals surface area contributed by atoms with Crippen molar-refractivity contribution in [2.24, 2.45) is 35.5 Å². The number of carboxylic acid groups (broad SMARTS) is 1. The molecule has 0 aromatic carbocycles. The molecule has 2 nitrogen and oxygen atoms in total. The predicted molar refractivity (Wildman–Crippen MR) is 89.7 cm³/mol. The summed E-state index contributed by atoms with van der Waals surface area (Å²) in [5.74, 6) is 4.20. The lowest BCUT2D eigenvalue weighted by Gasteiger charge is -2.45. The number of hydrogen-bond acceptors (Lipinski definition) is 1. The van der Waals surface area contributed by atoms with Crippen LogP contribution in [-0.4, -0.2) is 11.1 Å². The van der Waals surface area contributed by atoms with Gasteiger partial charge in [-0.3, -0.25) is 4.79 Å². The lowest BCUT2D eigenvalue weighted by molar-refractivity contribution is -0.143. The first-order chi connectivity index (χ1) is 10.7. The first kappa shape index (κ1) is 16.3. The Morgan fingerprint density at radius 2 is 1.36 bits per heavy atom. The van der Waals surface area contributed by atoms with E-state index in [0.29, 0.717) is 0 Å². The van der Waals surface area contributed by atoms with E-state index in [9.17, 15) is 4.79 Å². The quantitative estimate of drug-likeness (QED) is 0.743. The lowest BCUT2D eigenvalue weighted by atomic mass is 9.60. The topological polar surface area (TPSA) is 37.3 Å². The van der Waals surface area contributed by atoms with Crippen molar-refractivity contribution in [3.05, 3.63) is 0 Å². The van der Waals surface area contributed by atoms with Gasteiger partial charge in [0.05, 0.1) is 5.92 Å². The monoisotopic (exact) mass is 306 g/mol. The largest absolute Gasteiger partial charge is 0.481 e. The van der Waals surface area contributed by atoms with Gasteiger partial charge in [0.1, 0.15) is 0 Å². The van der Waals surface area contributed by atoms with Gasteiger partial charge in [-0.1, -0.05) is 26.2 Å². The summed E-state index contributed by atoms with van der Waals surface area (Å²) in [6.45, 7) is 2.33. The molecule has 0 saturated heterocycles. The standard InChI is InChI=1S/C20H34O2/c1-2-3-14-4-5-19-13-18(11-10-17(19)12-14)15-6-8-16(9-7-15)20(21)22/h14-19H,2-13H2,1H3,(H,21,22)/t14-,15?,16?,17-,18?,19+/m0/s1. The molecule has 3 aliphatic rings. The van der Waals surface area contributed by atoms with Crippen molar-refractivity contribution in [2.45, 2.75) is 84.0 Å². The van der Waals surface area contributed by atoms with E-state index in [2.05, 4.69) is 6.92 Å². The molecular formula is C20H34O2. The Bertz CT molecular complexity index is 370. The van der Waals surface area contributed by atoms with Gasteiger partial charge in [-0.05, 0) is 87.4 Å². The molecule has 1 unspecified atom stereocenters. The van der Waals surface area contributed by atoms with Gasteiger partial charge in [-0.15, -0.1) is 0 Å². The number of aliphatic carboxylic acids is 1. The Labute approximate surface area is 136 Å². The summed E-state index contributed by atoms with van der Waals surface area (Å²) in [4.78, 5) is 11.1. The molecule has 0 amide bonds.